The number of rotatable bonds is 5. The largest absolute Gasteiger partial charge is 0.479 e. The second-order valence-corrected chi connectivity index (χ2v) is 5.11. The zero-order chi connectivity index (χ0) is 16.6. The highest BCUT2D eigenvalue weighted by Crippen LogP contribution is 2.14. The molecule has 1 N–H and O–H groups in total. The molecule has 5 heteroatoms. The molecule has 0 bridgehead atoms. The highest BCUT2D eigenvalue weighted by molar-refractivity contribution is 5.83. The first-order chi connectivity index (χ1) is 11.8. The molecule has 1 aromatic carbocycles. The number of benzene rings is 1. The number of carbonyl (C=O) groups excluding carboxylic acids is 1. The van der Waals surface area contributed by atoms with Gasteiger partial charge >= 0.3 is 0 Å². The van der Waals surface area contributed by atoms with Crippen molar-refractivity contribution >= 4 is 16.8 Å². The highest BCUT2D eigenvalue weighted by Gasteiger charge is 2.04. The maximum atomic E-state index is 12.0. The zero-order valence-electron chi connectivity index (χ0n) is 13.1. The molecule has 5 nitrogen and oxygen atoms in total. The topological polar surface area (TPSA) is 56.2 Å². The van der Waals surface area contributed by atoms with Crippen molar-refractivity contribution in [1.29, 1.82) is 0 Å². The number of fused-ring (bicyclic) bond motifs is 1. The van der Waals surface area contributed by atoms with Gasteiger partial charge in [-0.1, -0.05) is 30.0 Å². The maximum absolute atomic E-state index is 12.0. The molecular formula is C19H17N3O2. The fourth-order valence-electron chi connectivity index (χ4n) is 2.30. The van der Waals surface area contributed by atoms with Gasteiger partial charge in [-0.2, -0.15) is 0 Å². The van der Waals surface area contributed by atoms with Crippen molar-refractivity contribution in [3.05, 3.63) is 61.1 Å². The minimum atomic E-state index is -0.0705. The van der Waals surface area contributed by atoms with Crippen molar-refractivity contribution in [3.63, 3.8) is 0 Å². The Labute approximate surface area is 140 Å². The van der Waals surface area contributed by atoms with Crippen LogP contribution in [-0.2, 0) is 11.3 Å². The molecule has 2 aromatic heterocycles. The second kappa shape index (κ2) is 7.84. The second-order valence-electron chi connectivity index (χ2n) is 5.11. The van der Waals surface area contributed by atoms with Crippen LogP contribution in [0.5, 0.6) is 5.75 Å². The van der Waals surface area contributed by atoms with Crippen molar-refractivity contribution in [2.75, 3.05) is 13.2 Å². The van der Waals surface area contributed by atoms with Gasteiger partial charge in [0.15, 0.2) is 0 Å². The number of aromatic nitrogens is 2. The molecule has 0 aliphatic carbocycles. The van der Waals surface area contributed by atoms with Crippen LogP contribution in [0.15, 0.2) is 61.1 Å². The number of pyridine rings is 1. The molecule has 1 amide bonds. The van der Waals surface area contributed by atoms with E-state index in [0.717, 1.165) is 10.9 Å². The fraction of sp³-hybridized carbons (Fsp3) is 0.158. The number of nitrogens with one attached hydrogen (secondary N) is 1. The van der Waals surface area contributed by atoms with Crippen LogP contribution in [0.3, 0.4) is 0 Å². The predicted octanol–water partition coefficient (Wildman–Crippen LogP) is 2.23. The Morgan fingerprint density at radius 3 is 2.96 bits per heavy atom. The first-order valence-corrected chi connectivity index (χ1v) is 7.62. The van der Waals surface area contributed by atoms with Crippen LogP contribution in [0.25, 0.3) is 10.9 Å². The highest BCUT2D eigenvalue weighted by atomic mass is 16.5. The van der Waals surface area contributed by atoms with Crippen LogP contribution in [0.2, 0.25) is 0 Å². The SMILES string of the molecule is O=C(Cn1ccc2ccccc21)NCC#CCOc1cccnc1. The minimum Gasteiger partial charge on any atom is -0.479 e. The Morgan fingerprint density at radius 1 is 1.17 bits per heavy atom. The summed E-state index contributed by atoms with van der Waals surface area (Å²) < 4.78 is 7.31. The molecule has 120 valence electrons. The smallest absolute Gasteiger partial charge is 0.240 e. The molecule has 3 rings (SSSR count). The Morgan fingerprint density at radius 2 is 2.08 bits per heavy atom. The molecule has 0 spiro atoms. The van der Waals surface area contributed by atoms with Crippen molar-refractivity contribution in [3.8, 4) is 17.6 Å². The zero-order valence-corrected chi connectivity index (χ0v) is 13.1. The third-order valence-electron chi connectivity index (χ3n) is 3.44. The van der Waals surface area contributed by atoms with Gasteiger partial charge in [0.05, 0.1) is 12.7 Å². The number of hydrogen-bond acceptors (Lipinski definition) is 3. The molecule has 0 aliphatic heterocycles. The Kier molecular flexibility index (Phi) is 5.10. The summed E-state index contributed by atoms with van der Waals surface area (Å²) in [6, 6.07) is 13.6. The molecule has 0 aliphatic rings. The Hall–Kier alpha value is -3.26. The predicted molar refractivity (Wildman–Crippen MR) is 92.5 cm³/mol. The third kappa shape index (κ3) is 4.14. The van der Waals surface area contributed by atoms with Gasteiger partial charge < -0.3 is 14.6 Å². The van der Waals surface area contributed by atoms with E-state index in [-0.39, 0.29) is 19.1 Å². The Balaban J connectivity index is 1.42. The van der Waals surface area contributed by atoms with Crippen LogP contribution in [0.1, 0.15) is 0 Å². The van der Waals surface area contributed by atoms with Crippen molar-refractivity contribution in [1.82, 2.24) is 14.9 Å². The number of ether oxygens (including phenoxy) is 1. The molecule has 2 heterocycles. The summed E-state index contributed by atoms with van der Waals surface area (Å²) >= 11 is 0. The van der Waals surface area contributed by atoms with Gasteiger partial charge in [-0.3, -0.25) is 9.78 Å². The van der Waals surface area contributed by atoms with Crippen molar-refractivity contribution in [2.45, 2.75) is 6.54 Å². The maximum Gasteiger partial charge on any atom is 0.240 e. The van der Waals surface area contributed by atoms with Crippen LogP contribution < -0.4 is 10.1 Å². The van der Waals surface area contributed by atoms with Gasteiger partial charge in [-0.05, 0) is 29.7 Å². The number of carbonyl (C=O) groups is 1. The summed E-state index contributed by atoms with van der Waals surface area (Å²) in [4.78, 5) is 15.9. The molecule has 0 radical (unpaired) electrons. The van der Waals surface area contributed by atoms with Crippen LogP contribution >= 0.6 is 0 Å². The lowest BCUT2D eigenvalue weighted by Crippen LogP contribution is -2.27. The minimum absolute atomic E-state index is 0.0705. The van der Waals surface area contributed by atoms with Crippen LogP contribution in [-0.4, -0.2) is 28.6 Å². The van der Waals surface area contributed by atoms with Gasteiger partial charge in [-0.15, -0.1) is 0 Å². The van der Waals surface area contributed by atoms with E-state index in [1.165, 1.54) is 0 Å². The summed E-state index contributed by atoms with van der Waals surface area (Å²) in [5.74, 6) is 6.33. The number of para-hydroxylation sites is 1. The molecule has 0 atom stereocenters. The summed E-state index contributed by atoms with van der Waals surface area (Å²) in [5.41, 5.74) is 1.05. The lowest BCUT2D eigenvalue weighted by molar-refractivity contribution is -0.121. The van der Waals surface area contributed by atoms with E-state index in [1.54, 1.807) is 18.5 Å². The van der Waals surface area contributed by atoms with E-state index in [9.17, 15) is 4.79 Å². The third-order valence-corrected chi connectivity index (χ3v) is 3.44. The standard InChI is InChI=1S/C19H17N3O2/c23-19(15-22-12-9-16-6-1-2-8-18(16)22)21-11-3-4-13-24-17-7-5-10-20-14-17/h1-2,5-10,12,14H,11,13,15H2,(H,21,23). The van der Waals surface area contributed by atoms with Crippen LogP contribution in [0, 0.1) is 11.8 Å². The van der Waals surface area contributed by atoms with E-state index in [4.69, 9.17) is 4.74 Å². The number of amides is 1. The first-order valence-electron chi connectivity index (χ1n) is 7.62. The normalized spacial score (nSPS) is 10.0. The fourth-order valence-corrected chi connectivity index (χ4v) is 2.30. The lowest BCUT2D eigenvalue weighted by Gasteiger charge is -2.05. The number of nitrogens with zero attached hydrogens (tertiary/aromatic N) is 2. The van der Waals surface area contributed by atoms with E-state index in [2.05, 4.69) is 22.1 Å². The summed E-state index contributed by atoms with van der Waals surface area (Å²) in [7, 11) is 0. The van der Waals surface area contributed by atoms with Gasteiger partial charge in [0.25, 0.3) is 0 Å². The molecule has 0 saturated carbocycles. The summed E-state index contributed by atoms with van der Waals surface area (Å²) in [6.45, 7) is 0.847. The number of hydrogen-bond donors (Lipinski definition) is 1. The van der Waals surface area contributed by atoms with Gasteiger partial charge in [-0.25, -0.2) is 0 Å². The summed E-state index contributed by atoms with van der Waals surface area (Å²) in [5, 5.41) is 3.91. The molecule has 0 fully saturated rings. The molecular weight excluding hydrogens is 302 g/mol. The molecule has 0 saturated heterocycles. The monoisotopic (exact) mass is 319 g/mol. The summed E-state index contributed by atoms with van der Waals surface area (Å²) in [6.07, 6.45) is 5.23. The molecule has 3 aromatic rings. The van der Waals surface area contributed by atoms with Crippen molar-refractivity contribution in [2.24, 2.45) is 0 Å². The van der Waals surface area contributed by atoms with E-state index in [1.807, 2.05) is 47.2 Å². The van der Waals surface area contributed by atoms with Gasteiger partial charge in [0, 0.05) is 17.9 Å². The van der Waals surface area contributed by atoms with E-state index >= 15 is 0 Å². The van der Waals surface area contributed by atoms with Crippen molar-refractivity contribution < 1.29 is 9.53 Å². The Bertz CT molecular complexity index is 876. The molecule has 0 unspecified atom stereocenters. The van der Waals surface area contributed by atoms with E-state index < -0.39 is 0 Å². The average Bonchev–Trinajstić information content (AvgIpc) is 3.02. The lowest BCUT2D eigenvalue weighted by atomic mass is 10.2. The molecule has 24 heavy (non-hydrogen) atoms. The quantitative estimate of drug-likeness (QED) is 0.734. The van der Waals surface area contributed by atoms with Gasteiger partial charge in [0.2, 0.25) is 5.91 Å². The van der Waals surface area contributed by atoms with Gasteiger partial charge in [0.1, 0.15) is 18.9 Å². The first kappa shape index (κ1) is 15.6. The van der Waals surface area contributed by atoms with Crippen LogP contribution in [0.4, 0.5) is 0 Å². The van der Waals surface area contributed by atoms with E-state index in [0.29, 0.717) is 12.3 Å². The average molecular weight is 319 g/mol.